The van der Waals surface area contributed by atoms with Gasteiger partial charge in [0.15, 0.2) is 6.61 Å². The SMILES string of the molecule is Cc1ccccc1C(=O)NN1C[C@H](C(=O)OCC(=O)Nc2ccc(Br)c(C)c2C)CC1=O. The second kappa shape index (κ2) is 9.95. The van der Waals surface area contributed by atoms with Crippen molar-refractivity contribution in [3.63, 3.8) is 0 Å². The molecule has 0 unspecified atom stereocenters. The van der Waals surface area contributed by atoms with Crippen molar-refractivity contribution in [2.75, 3.05) is 18.5 Å². The summed E-state index contributed by atoms with van der Waals surface area (Å²) >= 11 is 3.44. The van der Waals surface area contributed by atoms with Gasteiger partial charge in [-0.25, -0.2) is 0 Å². The molecule has 0 radical (unpaired) electrons. The van der Waals surface area contributed by atoms with E-state index < -0.39 is 30.3 Å². The second-order valence-electron chi connectivity index (χ2n) is 7.66. The number of amides is 3. The number of nitrogens with one attached hydrogen (secondary N) is 2. The van der Waals surface area contributed by atoms with Crippen LogP contribution in [0.25, 0.3) is 0 Å². The lowest BCUT2D eigenvalue weighted by Gasteiger charge is -2.18. The van der Waals surface area contributed by atoms with Gasteiger partial charge in [-0.15, -0.1) is 0 Å². The number of anilines is 1. The Morgan fingerprint density at radius 2 is 1.81 bits per heavy atom. The maximum absolute atomic E-state index is 12.4. The zero-order valence-electron chi connectivity index (χ0n) is 18.0. The van der Waals surface area contributed by atoms with E-state index in [1.807, 2.05) is 26.0 Å². The van der Waals surface area contributed by atoms with Gasteiger partial charge in [-0.3, -0.25) is 29.6 Å². The number of nitrogens with zero attached hydrogens (tertiary/aromatic N) is 1. The minimum atomic E-state index is -0.760. The lowest BCUT2D eigenvalue weighted by Crippen LogP contribution is -2.43. The Bertz CT molecular complexity index is 1090. The molecule has 1 atom stereocenters. The molecule has 9 heteroatoms. The third kappa shape index (κ3) is 5.34. The van der Waals surface area contributed by atoms with Gasteiger partial charge >= 0.3 is 5.97 Å². The second-order valence-corrected chi connectivity index (χ2v) is 8.52. The van der Waals surface area contributed by atoms with Crippen molar-refractivity contribution in [2.45, 2.75) is 27.2 Å². The van der Waals surface area contributed by atoms with Gasteiger partial charge in [0.1, 0.15) is 0 Å². The first-order chi connectivity index (χ1) is 15.2. The highest BCUT2D eigenvalue weighted by molar-refractivity contribution is 9.10. The molecule has 0 spiro atoms. The fraction of sp³-hybridized carbons (Fsp3) is 0.304. The highest BCUT2D eigenvalue weighted by Crippen LogP contribution is 2.26. The van der Waals surface area contributed by atoms with Crippen LogP contribution in [0, 0.1) is 26.7 Å². The molecule has 0 aromatic heterocycles. The number of ether oxygens (including phenoxy) is 1. The molecule has 0 aliphatic carbocycles. The van der Waals surface area contributed by atoms with Gasteiger partial charge in [0, 0.05) is 22.1 Å². The van der Waals surface area contributed by atoms with Crippen LogP contribution in [-0.2, 0) is 19.1 Å². The largest absolute Gasteiger partial charge is 0.455 e. The Kier molecular flexibility index (Phi) is 7.29. The summed E-state index contributed by atoms with van der Waals surface area (Å²) in [6.07, 6.45) is -0.0977. The standard InChI is InChI=1S/C23H24BrN3O5/c1-13-6-4-5-7-17(13)22(30)26-27-11-16(10-21(27)29)23(31)32-12-20(28)25-19-9-8-18(24)14(2)15(19)3/h4-9,16H,10-12H2,1-3H3,(H,25,28)(H,26,30)/t16-/m1/s1. The van der Waals surface area contributed by atoms with E-state index in [4.69, 9.17) is 4.74 Å². The molecule has 3 amide bonds. The van der Waals surface area contributed by atoms with Crippen molar-refractivity contribution in [1.29, 1.82) is 0 Å². The number of carbonyl (C=O) groups is 4. The van der Waals surface area contributed by atoms with Crippen molar-refractivity contribution in [1.82, 2.24) is 10.4 Å². The Morgan fingerprint density at radius 1 is 1.09 bits per heavy atom. The van der Waals surface area contributed by atoms with Gasteiger partial charge in [0.2, 0.25) is 5.91 Å². The van der Waals surface area contributed by atoms with Gasteiger partial charge in [-0.1, -0.05) is 34.1 Å². The van der Waals surface area contributed by atoms with Gasteiger partial charge in [0.05, 0.1) is 12.5 Å². The summed E-state index contributed by atoms with van der Waals surface area (Å²) in [5.41, 5.74) is 6.29. The Balaban J connectivity index is 1.51. The van der Waals surface area contributed by atoms with Crippen LogP contribution in [-0.4, -0.2) is 41.9 Å². The smallest absolute Gasteiger partial charge is 0.311 e. The number of hydrogen-bond donors (Lipinski definition) is 2. The molecule has 1 aliphatic rings. The van der Waals surface area contributed by atoms with Crippen molar-refractivity contribution in [2.24, 2.45) is 5.92 Å². The van der Waals surface area contributed by atoms with E-state index in [0.717, 1.165) is 26.2 Å². The molecule has 168 valence electrons. The molecule has 1 heterocycles. The summed E-state index contributed by atoms with van der Waals surface area (Å²) in [5, 5.41) is 3.84. The van der Waals surface area contributed by atoms with E-state index in [9.17, 15) is 19.2 Å². The van der Waals surface area contributed by atoms with Crippen LogP contribution in [0.3, 0.4) is 0 Å². The normalized spacial score (nSPS) is 15.4. The molecule has 1 aliphatic heterocycles. The van der Waals surface area contributed by atoms with E-state index in [1.165, 1.54) is 0 Å². The van der Waals surface area contributed by atoms with Gasteiger partial charge in [-0.05, 0) is 55.7 Å². The fourth-order valence-electron chi connectivity index (χ4n) is 3.35. The summed E-state index contributed by atoms with van der Waals surface area (Å²) < 4.78 is 6.04. The molecular weight excluding hydrogens is 478 g/mol. The van der Waals surface area contributed by atoms with Crippen molar-refractivity contribution < 1.29 is 23.9 Å². The zero-order valence-corrected chi connectivity index (χ0v) is 19.6. The molecule has 2 aromatic carbocycles. The average molecular weight is 502 g/mol. The van der Waals surface area contributed by atoms with E-state index in [-0.39, 0.29) is 18.9 Å². The van der Waals surface area contributed by atoms with Gasteiger partial charge in [-0.2, -0.15) is 0 Å². The number of aryl methyl sites for hydroxylation is 1. The first-order valence-corrected chi connectivity index (χ1v) is 10.9. The van der Waals surface area contributed by atoms with Gasteiger partial charge in [0.25, 0.3) is 11.8 Å². The average Bonchev–Trinajstić information content (AvgIpc) is 3.13. The summed E-state index contributed by atoms with van der Waals surface area (Å²) in [6.45, 7) is 5.13. The number of hydrogen-bond acceptors (Lipinski definition) is 5. The van der Waals surface area contributed by atoms with E-state index >= 15 is 0 Å². The summed E-state index contributed by atoms with van der Waals surface area (Å²) in [6, 6.07) is 10.6. The molecule has 1 saturated heterocycles. The monoisotopic (exact) mass is 501 g/mol. The first-order valence-electron chi connectivity index (χ1n) is 10.1. The third-order valence-corrected chi connectivity index (χ3v) is 6.28. The van der Waals surface area contributed by atoms with E-state index in [1.54, 1.807) is 31.2 Å². The van der Waals surface area contributed by atoms with E-state index in [2.05, 4.69) is 26.7 Å². The van der Waals surface area contributed by atoms with Crippen LogP contribution in [0.1, 0.15) is 33.5 Å². The number of esters is 1. The minimum Gasteiger partial charge on any atom is -0.455 e. The fourth-order valence-corrected chi connectivity index (χ4v) is 3.78. The maximum atomic E-state index is 12.4. The lowest BCUT2D eigenvalue weighted by molar-refractivity contribution is -0.151. The Morgan fingerprint density at radius 3 is 2.53 bits per heavy atom. The zero-order chi connectivity index (χ0) is 23.4. The van der Waals surface area contributed by atoms with Crippen LogP contribution in [0.2, 0.25) is 0 Å². The molecule has 2 N–H and O–H groups in total. The van der Waals surface area contributed by atoms with Crippen LogP contribution < -0.4 is 10.7 Å². The summed E-state index contributed by atoms with van der Waals surface area (Å²) in [7, 11) is 0. The molecule has 0 saturated carbocycles. The number of rotatable bonds is 6. The van der Waals surface area contributed by atoms with E-state index in [0.29, 0.717) is 11.3 Å². The highest BCUT2D eigenvalue weighted by Gasteiger charge is 2.36. The van der Waals surface area contributed by atoms with Crippen molar-refractivity contribution >= 4 is 45.3 Å². The van der Waals surface area contributed by atoms with Crippen LogP contribution in [0.15, 0.2) is 40.9 Å². The number of halogens is 1. The third-order valence-electron chi connectivity index (χ3n) is 5.43. The van der Waals surface area contributed by atoms with Crippen LogP contribution in [0.5, 0.6) is 0 Å². The molecule has 0 bridgehead atoms. The number of carbonyl (C=O) groups excluding carboxylic acids is 4. The molecular formula is C23H24BrN3O5. The topological polar surface area (TPSA) is 105 Å². The predicted octanol–water partition coefficient (Wildman–Crippen LogP) is 3.05. The predicted molar refractivity (Wildman–Crippen MR) is 122 cm³/mol. The maximum Gasteiger partial charge on any atom is 0.311 e. The highest BCUT2D eigenvalue weighted by atomic mass is 79.9. The van der Waals surface area contributed by atoms with Gasteiger partial charge < -0.3 is 10.1 Å². The first kappa shape index (κ1) is 23.5. The number of benzene rings is 2. The number of hydrazine groups is 1. The molecule has 2 aromatic rings. The van der Waals surface area contributed by atoms with Crippen molar-refractivity contribution in [3.8, 4) is 0 Å². The Labute approximate surface area is 194 Å². The quantitative estimate of drug-likeness (QED) is 0.591. The summed E-state index contributed by atoms with van der Waals surface area (Å²) in [4.78, 5) is 49.2. The van der Waals surface area contributed by atoms with Crippen LogP contribution in [0.4, 0.5) is 5.69 Å². The van der Waals surface area contributed by atoms with Crippen molar-refractivity contribution in [3.05, 3.63) is 63.1 Å². The molecule has 8 nitrogen and oxygen atoms in total. The molecule has 32 heavy (non-hydrogen) atoms. The molecule has 3 rings (SSSR count). The summed E-state index contributed by atoms with van der Waals surface area (Å²) in [5.74, 6) is -2.71. The molecule has 1 fully saturated rings. The Hall–Kier alpha value is -3.20. The lowest BCUT2D eigenvalue weighted by atomic mass is 10.1. The minimum absolute atomic E-state index is 0.0120. The van der Waals surface area contributed by atoms with Crippen LogP contribution >= 0.6 is 15.9 Å².